The number of rotatable bonds is 3. The zero-order valence-corrected chi connectivity index (χ0v) is 17.4. The third-order valence-corrected chi connectivity index (χ3v) is 5.06. The van der Waals surface area contributed by atoms with E-state index in [0.29, 0.717) is 17.0 Å². The molecule has 2 aromatic heterocycles. The van der Waals surface area contributed by atoms with Crippen molar-refractivity contribution in [3.8, 4) is 0 Å². The van der Waals surface area contributed by atoms with Crippen LogP contribution in [0.5, 0.6) is 0 Å². The number of aliphatic hydroxyl groups excluding tert-OH is 1. The zero-order chi connectivity index (χ0) is 20.2. The Morgan fingerprint density at radius 1 is 1.19 bits per heavy atom. The number of nitrogens with two attached hydrogens (primary N) is 1. The van der Waals surface area contributed by atoms with E-state index in [4.69, 9.17) is 10.5 Å². The third kappa shape index (κ3) is 3.29. The molecule has 0 aliphatic carbocycles. The molecule has 3 N–H and O–H groups in total. The number of aliphatic hydroxyl groups is 1. The van der Waals surface area contributed by atoms with Crippen LogP contribution in [0.1, 0.15) is 67.5 Å². The molecule has 0 radical (unpaired) electrons. The maximum atomic E-state index is 11.3. The van der Waals surface area contributed by atoms with Crippen LogP contribution in [-0.4, -0.2) is 30.2 Å². The van der Waals surface area contributed by atoms with Crippen molar-refractivity contribution in [2.75, 3.05) is 5.73 Å². The lowest BCUT2D eigenvalue weighted by Gasteiger charge is -2.41. The number of aromatic nitrogens is 4. The van der Waals surface area contributed by atoms with Gasteiger partial charge in [0.25, 0.3) is 0 Å². The molecular formula is C20H31N5O2. The molecular weight excluding hydrogens is 342 g/mol. The van der Waals surface area contributed by atoms with Crippen molar-refractivity contribution in [3.63, 3.8) is 0 Å². The van der Waals surface area contributed by atoms with E-state index in [1.807, 2.05) is 0 Å². The molecule has 1 aliphatic heterocycles. The van der Waals surface area contributed by atoms with Gasteiger partial charge in [-0.05, 0) is 23.7 Å². The Morgan fingerprint density at radius 3 is 2.41 bits per heavy atom. The van der Waals surface area contributed by atoms with Gasteiger partial charge in [0.15, 0.2) is 17.7 Å². The molecule has 0 unspecified atom stereocenters. The van der Waals surface area contributed by atoms with Crippen molar-refractivity contribution < 1.29 is 9.84 Å². The fourth-order valence-electron chi connectivity index (χ4n) is 4.35. The van der Waals surface area contributed by atoms with Gasteiger partial charge in [-0.3, -0.25) is 4.57 Å². The summed E-state index contributed by atoms with van der Waals surface area (Å²) in [6.45, 7) is 15.0. The molecule has 7 nitrogen and oxygen atoms in total. The van der Waals surface area contributed by atoms with Gasteiger partial charge >= 0.3 is 0 Å². The number of imidazole rings is 1. The van der Waals surface area contributed by atoms with Crippen molar-refractivity contribution in [1.29, 1.82) is 0 Å². The van der Waals surface area contributed by atoms with Gasteiger partial charge in [0.2, 0.25) is 0 Å². The highest BCUT2D eigenvalue weighted by Gasteiger charge is 2.52. The van der Waals surface area contributed by atoms with Gasteiger partial charge in [-0.15, -0.1) is 0 Å². The Labute approximate surface area is 160 Å². The van der Waals surface area contributed by atoms with Gasteiger partial charge in [-0.25, -0.2) is 15.0 Å². The second-order valence-electron chi connectivity index (χ2n) is 9.65. The zero-order valence-electron chi connectivity index (χ0n) is 17.4. The van der Waals surface area contributed by atoms with E-state index >= 15 is 0 Å². The van der Waals surface area contributed by atoms with E-state index in [0.717, 1.165) is 18.4 Å². The van der Waals surface area contributed by atoms with Crippen molar-refractivity contribution in [2.24, 2.45) is 10.8 Å². The lowest BCUT2D eigenvalue weighted by atomic mass is 9.69. The van der Waals surface area contributed by atoms with E-state index in [1.165, 1.54) is 6.33 Å². The second-order valence-corrected chi connectivity index (χ2v) is 9.65. The van der Waals surface area contributed by atoms with Crippen molar-refractivity contribution in [1.82, 2.24) is 19.5 Å². The number of fused-ring (bicyclic) bond motifs is 1. The fourth-order valence-corrected chi connectivity index (χ4v) is 4.35. The molecule has 0 bridgehead atoms. The standard InChI is InChI=1S/C20H31N5O2/c1-8-20(9-18(2,3)4)14(19(5,6)7)13(26)17(27-20)25-11-24-12-15(21)22-10-23-16(12)25/h10-11,17,26H,8-9H2,1-7H3,(H2,21,22,23)/t17-,20-/m1/s1. The van der Waals surface area contributed by atoms with Crippen LogP contribution in [0.4, 0.5) is 5.82 Å². The first-order valence-corrected chi connectivity index (χ1v) is 9.44. The van der Waals surface area contributed by atoms with E-state index in [1.54, 1.807) is 10.9 Å². The van der Waals surface area contributed by atoms with Crippen LogP contribution in [-0.2, 0) is 4.74 Å². The predicted octanol–water partition coefficient (Wildman–Crippen LogP) is 4.38. The van der Waals surface area contributed by atoms with Gasteiger partial charge in [0.05, 0.1) is 11.9 Å². The lowest BCUT2D eigenvalue weighted by molar-refractivity contribution is -0.0948. The molecule has 2 atom stereocenters. The highest BCUT2D eigenvalue weighted by Crippen LogP contribution is 2.54. The van der Waals surface area contributed by atoms with E-state index < -0.39 is 11.8 Å². The first-order chi connectivity index (χ1) is 12.4. The molecule has 0 amide bonds. The molecule has 0 saturated carbocycles. The maximum Gasteiger partial charge on any atom is 0.195 e. The Hall–Kier alpha value is -2.15. The van der Waals surface area contributed by atoms with Crippen LogP contribution in [0.25, 0.3) is 11.2 Å². The van der Waals surface area contributed by atoms with Crippen molar-refractivity contribution >= 4 is 17.0 Å². The van der Waals surface area contributed by atoms with Crippen LogP contribution < -0.4 is 5.73 Å². The molecule has 7 heteroatoms. The molecule has 27 heavy (non-hydrogen) atoms. The first kappa shape index (κ1) is 19.6. The molecule has 0 saturated heterocycles. The molecule has 0 aromatic carbocycles. The molecule has 0 spiro atoms. The van der Waals surface area contributed by atoms with Crippen LogP contribution in [0, 0.1) is 10.8 Å². The van der Waals surface area contributed by atoms with Crippen LogP contribution in [0.15, 0.2) is 24.0 Å². The van der Waals surface area contributed by atoms with Gasteiger partial charge in [0.1, 0.15) is 17.6 Å². The van der Waals surface area contributed by atoms with Gasteiger partial charge < -0.3 is 15.6 Å². The van der Waals surface area contributed by atoms with Crippen molar-refractivity contribution in [2.45, 2.75) is 73.1 Å². The number of nitrogens with zero attached hydrogens (tertiary/aromatic N) is 4. The van der Waals surface area contributed by atoms with E-state index in [-0.39, 0.29) is 16.6 Å². The number of hydrogen-bond acceptors (Lipinski definition) is 6. The maximum absolute atomic E-state index is 11.3. The first-order valence-electron chi connectivity index (χ1n) is 9.44. The summed E-state index contributed by atoms with van der Waals surface area (Å²) in [5, 5.41) is 11.3. The molecule has 3 heterocycles. The Bertz CT molecular complexity index is 888. The summed E-state index contributed by atoms with van der Waals surface area (Å²) in [4.78, 5) is 12.6. The summed E-state index contributed by atoms with van der Waals surface area (Å²) in [7, 11) is 0. The highest BCUT2D eigenvalue weighted by molar-refractivity contribution is 5.81. The quantitative estimate of drug-likeness (QED) is 0.828. The minimum absolute atomic E-state index is 0.0330. The molecule has 1 aliphatic rings. The Balaban J connectivity index is 2.18. The highest BCUT2D eigenvalue weighted by atomic mass is 16.5. The van der Waals surface area contributed by atoms with Crippen LogP contribution >= 0.6 is 0 Å². The van der Waals surface area contributed by atoms with E-state index in [2.05, 4.69) is 63.4 Å². The van der Waals surface area contributed by atoms with Gasteiger partial charge in [-0.2, -0.15) is 0 Å². The summed E-state index contributed by atoms with van der Waals surface area (Å²) in [6.07, 6.45) is 3.90. The number of nitrogen functional groups attached to an aromatic ring is 1. The normalized spacial score (nSPS) is 24.2. The monoisotopic (exact) mass is 373 g/mol. The largest absolute Gasteiger partial charge is 0.507 e. The van der Waals surface area contributed by atoms with Crippen LogP contribution in [0.2, 0.25) is 0 Å². The van der Waals surface area contributed by atoms with Crippen molar-refractivity contribution in [3.05, 3.63) is 24.0 Å². The number of anilines is 1. The Morgan fingerprint density at radius 2 is 1.85 bits per heavy atom. The molecule has 0 fully saturated rings. The summed E-state index contributed by atoms with van der Waals surface area (Å²) in [5.41, 5.74) is 7.16. The summed E-state index contributed by atoms with van der Waals surface area (Å²) in [6, 6.07) is 0. The van der Waals surface area contributed by atoms with Gasteiger partial charge in [0, 0.05) is 5.57 Å². The summed E-state index contributed by atoms with van der Waals surface area (Å²) < 4.78 is 8.36. The molecule has 148 valence electrons. The molecule has 2 aromatic rings. The van der Waals surface area contributed by atoms with Gasteiger partial charge in [-0.1, -0.05) is 48.5 Å². The van der Waals surface area contributed by atoms with E-state index in [9.17, 15) is 5.11 Å². The minimum atomic E-state index is -0.680. The average Bonchev–Trinajstić information content (AvgIpc) is 3.05. The lowest BCUT2D eigenvalue weighted by Crippen LogP contribution is -2.40. The second kappa shape index (κ2) is 6.19. The summed E-state index contributed by atoms with van der Waals surface area (Å²) in [5.74, 6) is 0.554. The number of hydrogen-bond donors (Lipinski definition) is 2. The fraction of sp³-hybridized carbons (Fsp3) is 0.650. The molecule has 3 rings (SSSR count). The topological polar surface area (TPSA) is 99.1 Å². The Kier molecular flexibility index (Phi) is 4.50. The summed E-state index contributed by atoms with van der Waals surface area (Å²) >= 11 is 0. The predicted molar refractivity (Wildman–Crippen MR) is 106 cm³/mol. The third-order valence-electron chi connectivity index (χ3n) is 5.06. The van der Waals surface area contributed by atoms with Crippen LogP contribution in [0.3, 0.4) is 0 Å². The average molecular weight is 374 g/mol. The number of ether oxygens (including phenoxy) is 1. The SMILES string of the molecule is CC[C@]1(CC(C)(C)C)O[C@@H](n2cnc3c(N)ncnc32)C(O)=C1C(C)(C)C. The minimum Gasteiger partial charge on any atom is -0.507 e. The smallest absolute Gasteiger partial charge is 0.195 e.